The van der Waals surface area contributed by atoms with Gasteiger partial charge in [0, 0.05) is 5.25 Å². The molecule has 1 N–H and O–H groups in total. The fourth-order valence-electron chi connectivity index (χ4n) is 2.15. The Labute approximate surface area is 96.8 Å². The Balaban J connectivity index is 2.51. The molecule has 0 amide bonds. The molecule has 2 unspecified atom stereocenters. The van der Waals surface area contributed by atoms with E-state index in [2.05, 4.69) is 13.8 Å². The quantitative estimate of drug-likeness (QED) is 0.784. The van der Waals surface area contributed by atoms with E-state index in [0.717, 1.165) is 19.3 Å². The van der Waals surface area contributed by atoms with Crippen LogP contribution in [0.2, 0.25) is 0 Å². The molecule has 0 heterocycles. The minimum Gasteiger partial charge on any atom is -0.480 e. The molecule has 2 nitrogen and oxygen atoms in total. The topological polar surface area (TPSA) is 37.3 Å². The third kappa shape index (κ3) is 4.06. The molecule has 0 radical (unpaired) electrons. The van der Waals surface area contributed by atoms with Crippen LogP contribution in [-0.2, 0) is 4.79 Å². The zero-order valence-corrected chi connectivity index (χ0v) is 10.6. The Morgan fingerprint density at radius 1 is 1.40 bits per heavy atom. The van der Waals surface area contributed by atoms with Gasteiger partial charge < -0.3 is 5.11 Å². The van der Waals surface area contributed by atoms with Crippen molar-refractivity contribution in [3.05, 3.63) is 0 Å². The summed E-state index contributed by atoms with van der Waals surface area (Å²) >= 11 is 1.66. The van der Waals surface area contributed by atoms with E-state index in [1.165, 1.54) is 19.3 Å². The SMILES string of the molecule is CCC(C)SC(C(=O)O)C1CCCCC1. The maximum absolute atomic E-state index is 11.2. The fourth-order valence-corrected chi connectivity index (χ4v) is 3.46. The Kier molecular flexibility index (Phi) is 5.51. The predicted molar refractivity (Wildman–Crippen MR) is 65.3 cm³/mol. The molecule has 0 aromatic rings. The highest BCUT2D eigenvalue weighted by atomic mass is 32.2. The molecule has 1 saturated carbocycles. The summed E-state index contributed by atoms with van der Waals surface area (Å²) in [5, 5.41) is 9.55. The summed E-state index contributed by atoms with van der Waals surface area (Å²) in [5.74, 6) is -0.192. The van der Waals surface area contributed by atoms with E-state index in [-0.39, 0.29) is 5.25 Å². The average molecular weight is 230 g/mol. The number of hydrogen-bond donors (Lipinski definition) is 1. The Morgan fingerprint density at radius 3 is 2.47 bits per heavy atom. The van der Waals surface area contributed by atoms with Crippen molar-refractivity contribution in [2.24, 2.45) is 5.92 Å². The van der Waals surface area contributed by atoms with Crippen LogP contribution in [0.5, 0.6) is 0 Å². The van der Waals surface area contributed by atoms with Gasteiger partial charge in [-0.05, 0) is 25.2 Å². The molecule has 1 fully saturated rings. The molecule has 1 aliphatic rings. The van der Waals surface area contributed by atoms with Crippen LogP contribution in [-0.4, -0.2) is 21.6 Å². The number of rotatable bonds is 5. The van der Waals surface area contributed by atoms with Gasteiger partial charge in [-0.3, -0.25) is 4.79 Å². The predicted octanol–water partition coefficient (Wildman–Crippen LogP) is 3.55. The first-order chi connectivity index (χ1) is 7.15. The van der Waals surface area contributed by atoms with Gasteiger partial charge in [0.15, 0.2) is 0 Å². The van der Waals surface area contributed by atoms with E-state index >= 15 is 0 Å². The van der Waals surface area contributed by atoms with Crippen LogP contribution in [0.3, 0.4) is 0 Å². The van der Waals surface area contributed by atoms with Crippen LogP contribution in [0.4, 0.5) is 0 Å². The molecule has 2 atom stereocenters. The monoisotopic (exact) mass is 230 g/mol. The molecule has 1 aliphatic carbocycles. The minimum absolute atomic E-state index is 0.166. The molecule has 3 heteroatoms. The van der Waals surface area contributed by atoms with Gasteiger partial charge in [0.2, 0.25) is 0 Å². The van der Waals surface area contributed by atoms with Crippen LogP contribution in [0.1, 0.15) is 52.4 Å². The Hall–Kier alpha value is -0.180. The average Bonchev–Trinajstić information content (AvgIpc) is 2.26. The van der Waals surface area contributed by atoms with Crippen LogP contribution >= 0.6 is 11.8 Å². The highest BCUT2D eigenvalue weighted by molar-refractivity contribution is 8.01. The molecular formula is C12H22O2S. The summed E-state index contributed by atoms with van der Waals surface area (Å²) in [6.45, 7) is 4.25. The molecule has 0 aromatic carbocycles. The normalized spacial score (nSPS) is 22.3. The van der Waals surface area contributed by atoms with Crippen molar-refractivity contribution in [3.63, 3.8) is 0 Å². The van der Waals surface area contributed by atoms with E-state index in [1.807, 2.05) is 0 Å². The molecule has 0 bridgehead atoms. The maximum Gasteiger partial charge on any atom is 0.316 e. The van der Waals surface area contributed by atoms with Crippen molar-refractivity contribution < 1.29 is 9.90 Å². The minimum atomic E-state index is -0.604. The first kappa shape index (κ1) is 12.9. The molecule has 88 valence electrons. The van der Waals surface area contributed by atoms with Gasteiger partial charge in [0.1, 0.15) is 5.25 Å². The lowest BCUT2D eigenvalue weighted by atomic mass is 9.87. The lowest BCUT2D eigenvalue weighted by Crippen LogP contribution is -2.29. The summed E-state index contributed by atoms with van der Waals surface area (Å²) < 4.78 is 0. The fraction of sp³-hybridized carbons (Fsp3) is 0.917. The maximum atomic E-state index is 11.2. The molecule has 0 aromatic heterocycles. The number of thioether (sulfide) groups is 1. The summed E-state index contributed by atoms with van der Waals surface area (Å²) in [7, 11) is 0. The van der Waals surface area contributed by atoms with Crippen LogP contribution in [0, 0.1) is 5.92 Å². The summed E-state index contributed by atoms with van der Waals surface area (Å²) in [5.41, 5.74) is 0. The van der Waals surface area contributed by atoms with Gasteiger partial charge in [-0.1, -0.05) is 33.1 Å². The van der Waals surface area contributed by atoms with Crippen molar-refractivity contribution in [2.75, 3.05) is 0 Å². The third-order valence-electron chi connectivity index (χ3n) is 3.28. The lowest BCUT2D eigenvalue weighted by molar-refractivity contribution is -0.137. The van der Waals surface area contributed by atoms with Crippen molar-refractivity contribution in [1.82, 2.24) is 0 Å². The largest absolute Gasteiger partial charge is 0.480 e. The third-order valence-corrected chi connectivity index (χ3v) is 4.95. The number of aliphatic carboxylic acids is 1. The highest BCUT2D eigenvalue weighted by Crippen LogP contribution is 2.35. The van der Waals surface area contributed by atoms with Gasteiger partial charge in [-0.15, -0.1) is 11.8 Å². The molecule has 1 rings (SSSR count). The van der Waals surface area contributed by atoms with E-state index in [9.17, 15) is 9.90 Å². The van der Waals surface area contributed by atoms with E-state index in [1.54, 1.807) is 11.8 Å². The standard InChI is InChI=1S/C12H22O2S/c1-3-9(2)15-11(12(13)14)10-7-5-4-6-8-10/h9-11H,3-8H2,1-2H3,(H,13,14). The summed E-state index contributed by atoms with van der Waals surface area (Å²) in [6, 6.07) is 0. The summed E-state index contributed by atoms with van der Waals surface area (Å²) in [4.78, 5) is 11.2. The molecular weight excluding hydrogens is 208 g/mol. The smallest absolute Gasteiger partial charge is 0.316 e. The second kappa shape index (κ2) is 6.41. The highest BCUT2D eigenvalue weighted by Gasteiger charge is 2.30. The van der Waals surface area contributed by atoms with E-state index in [0.29, 0.717) is 11.2 Å². The van der Waals surface area contributed by atoms with E-state index in [4.69, 9.17) is 0 Å². The molecule has 0 saturated heterocycles. The van der Waals surface area contributed by atoms with Crippen molar-refractivity contribution >= 4 is 17.7 Å². The zero-order chi connectivity index (χ0) is 11.3. The van der Waals surface area contributed by atoms with Crippen LogP contribution < -0.4 is 0 Å². The first-order valence-electron chi connectivity index (χ1n) is 6.03. The van der Waals surface area contributed by atoms with Gasteiger partial charge in [0.25, 0.3) is 0 Å². The number of hydrogen-bond acceptors (Lipinski definition) is 2. The number of carboxylic acid groups (broad SMARTS) is 1. The van der Waals surface area contributed by atoms with Gasteiger partial charge in [0.05, 0.1) is 0 Å². The summed E-state index contributed by atoms with van der Waals surface area (Å²) in [6.07, 6.45) is 7.00. The van der Waals surface area contributed by atoms with Crippen molar-refractivity contribution in [3.8, 4) is 0 Å². The van der Waals surface area contributed by atoms with Gasteiger partial charge in [-0.2, -0.15) is 0 Å². The van der Waals surface area contributed by atoms with Crippen LogP contribution in [0.15, 0.2) is 0 Å². The van der Waals surface area contributed by atoms with Crippen molar-refractivity contribution in [2.45, 2.75) is 62.9 Å². The van der Waals surface area contributed by atoms with E-state index < -0.39 is 5.97 Å². The van der Waals surface area contributed by atoms with Crippen LogP contribution in [0.25, 0.3) is 0 Å². The Bertz CT molecular complexity index is 200. The van der Waals surface area contributed by atoms with Gasteiger partial charge in [-0.25, -0.2) is 0 Å². The molecule has 0 spiro atoms. The number of carboxylic acids is 1. The second-order valence-corrected chi connectivity index (χ2v) is 6.10. The lowest BCUT2D eigenvalue weighted by Gasteiger charge is -2.28. The second-order valence-electron chi connectivity index (χ2n) is 4.51. The first-order valence-corrected chi connectivity index (χ1v) is 6.97. The Morgan fingerprint density at radius 2 is 2.00 bits per heavy atom. The van der Waals surface area contributed by atoms with Crippen molar-refractivity contribution in [1.29, 1.82) is 0 Å². The molecule has 0 aliphatic heterocycles. The molecule has 15 heavy (non-hydrogen) atoms. The van der Waals surface area contributed by atoms with Gasteiger partial charge >= 0.3 is 5.97 Å². The zero-order valence-electron chi connectivity index (χ0n) is 9.74. The number of carbonyl (C=O) groups is 1.